The first kappa shape index (κ1) is 13.0. The fraction of sp³-hybridized carbons (Fsp3) is 0.333. The van der Waals surface area contributed by atoms with Crippen molar-refractivity contribution in [2.24, 2.45) is 21.5 Å². The zero-order chi connectivity index (χ0) is 13.1. The van der Waals surface area contributed by atoms with Crippen LogP contribution in [0.5, 0.6) is 0 Å². The lowest BCUT2D eigenvalue weighted by Gasteiger charge is -2.16. The molecule has 0 aliphatic heterocycles. The molecule has 0 heterocycles. The van der Waals surface area contributed by atoms with Crippen molar-refractivity contribution in [2.45, 2.75) is 20.8 Å². The van der Waals surface area contributed by atoms with Crippen LogP contribution in [0.4, 0.5) is 0 Å². The molecule has 0 aromatic heterocycles. The molecule has 0 amide bonds. The Morgan fingerprint density at radius 1 is 1.29 bits per heavy atom. The van der Waals surface area contributed by atoms with Crippen molar-refractivity contribution in [1.82, 2.24) is 0 Å². The van der Waals surface area contributed by atoms with Crippen molar-refractivity contribution in [2.75, 3.05) is 0 Å². The van der Waals surface area contributed by atoms with Crippen LogP contribution in [0, 0.1) is 5.41 Å². The molecule has 0 unspecified atom stereocenters. The van der Waals surface area contributed by atoms with E-state index in [4.69, 9.17) is 11.3 Å². The van der Waals surface area contributed by atoms with Crippen LogP contribution in [0.15, 0.2) is 34.6 Å². The quantitative estimate of drug-likeness (QED) is 0.265. The molecular weight excluding hydrogens is 216 g/mol. The van der Waals surface area contributed by atoms with Gasteiger partial charge in [0.2, 0.25) is 0 Å². The maximum Gasteiger partial charge on any atom is 0.273 e. The molecule has 0 saturated heterocycles. The molecule has 0 spiro atoms. The van der Waals surface area contributed by atoms with Crippen molar-refractivity contribution in [3.05, 3.63) is 35.4 Å². The Bertz CT molecular complexity index is 472. The molecular formula is C12H17N4O+. The maximum atomic E-state index is 12.1. The number of ketones is 1. The van der Waals surface area contributed by atoms with Crippen LogP contribution < -0.4 is 11.3 Å². The predicted molar refractivity (Wildman–Crippen MR) is 65.3 cm³/mol. The summed E-state index contributed by atoms with van der Waals surface area (Å²) in [5.74, 6) is 0.243. The van der Waals surface area contributed by atoms with Crippen molar-refractivity contribution in [3.8, 4) is 0 Å². The molecule has 4 N–H and O–H groups in total. The third-order valence-electron chi connectivity index (χ3n) is 2.27. The van der Waals surface area contributed by atoms with Crippen LogP contribution in [-0.2, 0) is 0 Å². The van der Waals surface area contributed by atoms with Crippen LogP contribution in [0.2, 0.25) is 0 Å². The van der Waals surface area contributed by atoms with Gasteiger partial charge in [-0.15, -0.1) is 0 Å². The number of benzene rings is 1. The van der Waals surface area contributed by atoms with Gasteiger partial charge < -0.3 is 5.73 Å². The van der Waals surface area contributed by atoms with Crippen LogP contribution in [0.1, 0.15) is 36.7 Å². The van der Waals surface area contributed by atoms with E-state index in [1.54, 1.807) is 24.3 Å². The molecule has 0 saturated carbocycles. The number of amidine groups is 1. The summed E-state index contributed by atoms with van der Waals surface area (Å²) in [4.78, 5) is 12.1. The summed E-state index contributed by atoms with van der Waals surface area (Å²) in [5.41, 5.74) is 11.4. The molecule has 17 heavy (non-hydrogen) atoms. The molecule has 5 nitrogen and oxygen atoms in total. The molecule has 0 aliphatic rings. The van der Waals surface area contributed by atoms with Gasteiger partial charge in [-0.1, -0.05) is 32.9 Å². The van der Waals surface area contributed by atoms with Gasteiger partial charge in [0, 0.05) is 16.5 Å². The van der Waals surface area contributed by atoms with Crippen LogP contribution in [-0.4, -0.2) is 11.6 Å². The second kappa shape index (κ2) is 4.86. The summed E-state index contributed by atoms with van der Waals surface area (Å²) >= 11 is 0. The minimum atomic E-state index is -0.428. The Hall–Kier alpha value is -2.04. The summed E-state index contributed by atoms with van der Waals surface area (Å²) in [7, 11) is 0. The molecule has 1 rings (SSSR count). The average molecular weight is 233 g/mol. The molecule has 1 aromatic rings. The second-order valence-electron chi connectivity index (χ2n) is 4.76. The van der Waals surface area contributed by atoms with E-state index in [2.05, 4.69) is 10.3 Å². The number of rotatable bonds is 3. The van der Waals surface area contributed by atoms with E-state index in [9.17, 15) is 4.79 Å². The molecule has 0 radical (unpaired) electrons. The van der Waals surface area contributed by atoms with E-state index < -0.39 is 5.41 Å². The van der Waals surface area contributed by atoms with E-state index >= 15 is 0 Å². The number of nitrogens with two attached hydrogens (primary N) is 2. The molecule has 1 aromatic carbocycles. The highest BCUT2D eigenvalue weighted by Gasteiger charge is 2.23. The monoisotopic (exact) mass is 233 g/mol. The lowest BCUT2D eigenvalue weighted by atomic mass is 9.86. The third-order valence-corrected chi connectivity index (χ3v) is 2.27. The summed E-state index contributed by atoms with van der Waals surface area (Å²) in [6.07, 6.45) is 0. The SMILES string of the molecule is CC(C)(C)C(=O)c1cccc(/C(N)=N/N=[NH2+])c1. The molecule has 0 atom stereocenters. The van der Waals surface area contributed by atoms with Gasteiger partial charge in [0.1, 0.15) is 5.22 Å². The number of carbonyl (C=O) groups excluding carboxylic acids is 1. The second-order valence-corrected chi connectivity index (χ2v) is 4.76. The fourth-order valence-electron chi connectivity index (χ4n) is 1.37. The average Bonchev–Trinajstić information content (AvgIpc) is 2.27. The van der Waals surface area contributed by atoms with Gasteiger partial charge >= 0.3 is 0 Å². The van der Waals surface area contributed by atoms with Gasteiger partial charge in [0.25, 0.3) is 5.84 Å². The van der Waals surface area contributed by atoms with Crippen molar-refractivity contribution < 1.29 is 10.3 Å². The van der Waals surface area contributed by atoms with E-state index in [1.165, 1.54) is 0 Å². The highest BCUT2D eigenvalue weighted by Crippen LogP contribution is 2.21. The fourth-order valence-corrected chi connectivity index (χ4v) is 1.37. The predicted octanol–water partition coefficient (Wildman–Crippen LogP) is 0.747. The van der Waals surface area contributed by atoms with Crippen molar-refractivity contribution >= 4 is 11.6 Å². The number of hydrogen-bond donors (Lipinski definition) is 2. The number of hydrogen-bond acceptors (Lipinski definition) is 2. The number of nitrogens with zero attached hydrogens (tertiary/aromatic N) is 2. The van der Waals surface area contributed by atoms with Crippen LogP contribution >= 0.6 is 0 Å². The summed E-state index contributed by atoms with van der Waals surface area (Å²) < 4.78 is 0. The Morgan fingerprint density at radius 3 is 2.41 bits per heavy atom. The standard InChI is InChI=1S/C12H16N4O/c1-12(2,3)10(17)8-5-4-6-9(7-8)11(13)15-16-14/h4-7H,1-3H3,(H3,13,14,15)/p+1. The Kier molecular flexibility index (Phi) is 3.73. The highest BCUT2D eigenvalue weighted by atomic mass is 16.1. The van der Waals surface area contributed by atoms with Crippen LogP contribution in [0.25, 0.3) is 0 Å². The lowest BCUT2D eigenvalue weighted by molar-refractivity contribution is -0.221. The summed E-state index contributed by atoms with van der Waals surface area (Å²) in [5, 5.41) is 6.66. The Balaban J connectivity index is 3.14. The topological polar surface area (TPSA) is 93.4 Å². The summed E-state index contributed by atoms with van der Waals surface area (Å²) in [6, 6.07) is 6.96. The normalized spacial score (nSPS) is 12.3. The highest BCUT2D eigenvalue weighted by molar-refractivity contribution is 6.03. The maximum absolute atomic E-state index is 12.1. The van der Waals surface area contributed by atoms with Gasteiger partial charge in [0.05, 0.1) is 5.10 Å². The first-order valence-electron chi connectivity index (χ1n) is 5.25. The zero-order valence-corrected chi connectivity index (χ0v) is 10.3. The minimum Gasteiger partial charge on any atom is -0.360 e. The van der Waals surface area contributed by atoms with Gasteiger partial charge in [-0.2, -0.15) is 5.53 Å². The molecule has 5 heteroatoms. The smallest absolute Gasteiger partial charge is 0.273 e. The third kappa shape index (κ3) is 3.21. The van der Waals surface area contributed by atoms with E-state index in [0.717, 1.165) is 0 Å². The van der Waals surface area contributed by atoms with Crippen LogP contribution in [0.3, 0.4) is 0 Å². The molecule has 90 valence electrons. The van der Waals surface area contributed by atoms with E-state index in [1.807, 2.05) is 20.8 Å². The van der Waals surface area contributed by atoms with Crippen molar-refractivity contribution in [3.63, 3.8) is 0 Å². The largest absolute Gasteiger partial charge is 0.360 e. The molecule has 0 fully saturated rings. The van der Waals surface area contributed by atoms with Gasteiger partial charge in [-0.3, -0.25) is 4.79 Å². The Morgan fingerprint density at radius 2 is 1.88 bits per heavy atom. The van der Waals surface area contributed by atoms with Gasteiger partial charge in [-0.25, -0.2) is 0 Å². The minimum absolute atomic E-state index is 0.0526. The lowest BCUT2D eigenvalue weighted by Crippen LogP contribution is -2.24. The Labute approximate surface area is 100 Å². The number of carbonyl (C=O) groups is 1. The van der Waals surface area contributed by atoms with E-state index in [0.29, 0.717) is 11.1 Å². The first-order valence-corrected chi connectivity index (χ1v) is 5.25. The zero-order valence-electron chi connectivity index (χ0n) is 10.3. The number of Topliss-reactive ketones (excluding diaryl/α,β-unsaturated/α-hetero) is 1. The van der Waals surface area contributed by atoms with Gasteiger partial charge in [-0.05, 0) is 12.1 Å². The van der Waals surface area contributed by atoms with Gasteiger partial charge in [0.15, 0.2) is 5.78 Å². The van der Waals surface area contributed by atoms with Crippen molar-refractivity contribution in [1.29, 1.82) is 0 Å². The molecule has 0 bridgehead atoms. The first-order chi connectivity index (χ1) is 7.86. The van der Waals surface area contributed by atoms with E-state index in [-0.39, 0.29) is 11.6 Å². The molecule has 0 aliphatic carbocycles. The summed E-state index contributed by atoms with van der Waals surface area (Å²) in [6.45, 7) is 5.61.